The topological polar surface area (TPSA) is 171 Å². The molecular formula is C13H10O9. The molecular weight excluding hydrogens is 300 g/mol. The molecule has 0 unspecified atom stereocenters. The number of hydrogen-bond donors (Lipinski definition) is 8. The van der Waals surface area contributed by atoms with Crippen LogP contribution in [0.15, 0.2) is 6.08 Å². The lowest BCUT2D eigenvalue weighted by Gasteiger charge is -2.27. The molecule has 0 bridgehead atoms. The van der Waals surface area contributed by atoms with Crippen molar-refractivity contribution in [1.29, 1.82) is 0 Å². The Morgan fingerprint density at radius 2 is 1.18 bits per heavy atom. The van der Waals surface area contributed by atoms with Gasteiger partial charge in [-0.1, -0.05) is 0 Å². The Bertz CT molecular complexity index is 851. The van der Waals surface area contributed by atoms with Gasteiger partial charge in [0.15, 0.2) is 23.0 Å². The van der Waals surface area contributed by atoms with E-state index in [1.165, 1.54) is 0 Å². The van der Waals surface area contributed by atoms with Crippen molar-refractivity contribution in [2.45, 2.75) is 5.97 Å². The SMILES string of the molecule is Oc1c(O)c(O)c2c3c(c(O)c(O)c2c1O)C=CC(O)(O)O3. The zero-order chi connectivity index (χ0) is 16.4. The van der Waals surface area contributed by atoms with Crippen LogP contribution in [0.3, 0.4) is 0 Å². The maximum atomic E-state index is 9.94. The fraction of sp³-hybridized carbons (Fsp3) is 0.0769. The fourth-order valence-electron chi connectivity index (χ4n) is 2.27. The predicted molar refractivity (Wildman–Crippen MR) is 70.8 cm³/mol. The molecule has 1 aliphatic heterocycles. The Kier molecular flexibility index (Phi) is 2.53. The van der Waals surface area contributed by atoms with Gasteiger partial charge < -0.3 is 45.6 Å². The Hall–Kier alpha value is -3.04. The molecule has 22 heavy (non-hydrogen) atoms. The quantitative estimate of drug-likeness (QED) is 0.191. The van der Waals surface area contributed by atoms with Crippen LogP contribution in [0, 0.1) is 0 Å². The summed E-state index contributed by atoms with van der Waals surface area (Å²) in [6.07, 6.45) is 1.74. The summed E-state index contributed by atoms with van der Waals surface area (Å²) in [5, 5.41) is 76.4. The molecule has 0 spiro atoms. The van der Waals surface area contributed by atoms with E-state index in [9.17, 15) is 40.9 Å². The van der Waals surface area contributed by atoms with Crippen molar-refractivity contribution >= 4 is 16.8 Å². The van der Waals surface area contributed by atoms with Crippen LogP contribution in [0.2, 0.25) is 0 Å². The van der Waals surface area contributed by atoms with E-state index in [4.69, 9.17) is 4.74 Å². The molecule has 8 N–H and O–H groups in total. The summed E-state index contributed by atoms with van der Waals surface area (Å²) in [6, 6.07) is 0. The summed E-state index contributed by atoms with van der Waals surface area (Å²) in [7, 11) is 0. The van der Waals surface area contributed by atoms with Gasteiger partial charge >= 0.3 is 5.97 Å². The molecule has 116 valence electrons. The van der Waals surface area contributed by atoms with Gasteiger partial charge in [0.25, 0.3) is 0 Å². The average molecular weight is 310 g/mol. The number of phenols is 6. The highest BCUT2D eigenvalue weighted by Crippen LogP contribution is 2.58. The number of ether oxygens (including phenoxy) is 1. The Morgan fingerprint density at radius 1 is 0.682 bits per heavy atom. The van der Waals surface area contributed by atoms with Crippen molar-refractivity contribution in [2.24, 2.45) is 0 Å². The van der Waals surface area contributed by atoms with Gasteiger partial charge in [-0.2, -0.15) is 0 Å². The van der Waals surface area contributed by atoms with E-state index in [1.807, 2.05) is 0 Å². The zero-order valence-corrected chi connectivity index (χ0v) is 10.6. The van der Waals surface area contributed by atoms with Crippen molar-refractivity contribution in [3.05, 3.63) is 11.6 Å². The van der Waals surface area contributed by atoms with E-state index in [-0.39, 0.29) is 5.56 Å². The molecule has 0 atom stereocenters. The van der Waals surface area contributed by atoms with Gasteiger partial charge in [-0.15, -0.1) is 0 Å². The predicted octanol–water partition coefficient (Wildman–Crippen LogP) is 0.117. The molecule has 1 heterocycles. The number of aliphatic hydroxyl groups is 2. The number of fused-ring (bicyclic) bond motifs is 3. The van der Waals surface area contributed by atoms with Gasteiger partial charge in [-0.25, -0.2) is 0 Å². The first-order valence-corrected chi connectivity index (χ1v) is 5.86. The third-order valence-corrected chi connectivity index (χ3v) is 3.30. The molecule has 2 aromatic rings. The standard InChI is InChI=1S/C13H10O9/c14-6-3-1-2-13(20,21)22-12(3)5-4(7(6)15)8(16)10(18)11(19)9(5)17/h1-2,14-21H. The first-order valence-electron chi connectivity index (χ1n) is 5.86. The van der Waals surface area contributed by atoms with Crippen molar-refractivity contribution < 1.29 is 45.6 Å². The van der Waals surface area contributed by atoms with Gasteiger partial charge in [0.2, 0.25) is 11.5 Å². The lowest BCUT2D eigenvalue weighted by Crippen LogP contribution is -2.34. The van der Waals surface area contributed by atoms with E-state index in [1.54, 1.807) is 0 Å². The fourth-order valence-corrected chi connectivity index (χ4v) is 2.27. The van der Waals surface area contributed by atoms with Crippen molar-refractivity contribution in [3.63, 3.8) is 0 Å². The average Bonchev–Trinajstić information content (AvgIpc) is 2.45. The highest BCUT2D eigenvalue weighted by Gasteiger charge is 2.35. The van der Waals surface area contributed by atoms with Gasteiger partial charge in [-0.3, -0.25) is 0 Å². The largest absolute Gasteiger partial charge is 0.504 e. The van der Waals surface area contributed by atoms with Crippen LogP contribution in [0.4, 0.5) is 0 Å². The van der Waals surface area contributed by atoms with Crippen LogP contribution in [-0.2, 0) is 0 Å². The highest BCUT2D eigenvalue weighted by molar-refractivity contribution is 6.09. The van der Waals surface area contributed by atoms with Crippen LogP contribution < -0.4 is 4.74 Å². The second kappa shape index (κ2) is 4.00. The van der Waals surface area contributed by atoms with Crippen LogP contribution in [0.5, 0.6) is 40.2 Å². The van der Waals surface area contributed by atoms with Crippen LogP contribution in [0.1, 0.15) is 5.56 Å². The molecule has 0 aliphatic carbocycles. The lowest BCUT2D eigenvalue weighted by atomic mass is 9.98. The minimum absolute atomic E-state index is 0.233. The van der Waals surface area contributed by atoms with Gasteiger partial charge in [0.05, 0.1) is 16.3 Å². The van der Waals surface area contributed by atoms with Crippen LogP contribution in [0.25, 0.3) is 16.8 Å². The maximum Gasteiger partial charge on any atom is 0.344 e. The normalized spacial score (nSPS) is 15.5. The molecule has 0 amide bonds. The lowest BCUT2D eigenvalue weighted by molar-refractivity contribution is -0.254. The zero-order valence-electron chi connectivity index (χ0n) is 10.6. The summed E-state index contributed by atoms with van der Waals surface area (Å²) in [6.45, 7) is 0. The second-order valence-electron chi connectivity index (χ2n) is 4.68. The number of hydrogen-bond acceptors (Lipinski definition) is 9. The minimum Gasteiger partial charge on any atom is -0.504 e. The summed E-state index contributed by atoms with van der Waals surface area (Å²) < 4.78 is 4.79. The first kappa shape index (κ1) is 13.9. The van der Waals surface area contributed by atoms with Crippen molar-refractivity contribution in [3.8, 4) is 40.2 Å². The van der Waals surface area contributed by atoms with Gasteiger partial charge in [0.1, 0.15) is 5.75 Å². The number of benzene rings is 2. The van der Waals surface area contributed by atoms with E-state index < -0.39 is 57.0 Å². The van der Waals surface area contributed by atoms with E-state index in [0.717, 1.165) is 12.2 Å². The van der Waals surface area contributed by atoms with Gasteiger partial charge in [-0.05, 0) is 6.08 Å². The third kappa shape index (κ3) is 1.60. The van der Waals surface area contributed by atoms with Crippen molar-refractivity contribution in [2.75, 3.05) is 0 Å². The summed E-state index contributed by atoms with van der Waals surface area (Å²) >= 11 is 0. The Balaban J connectivity index is 2.59. The third-order valence-electron chi connectivity index (χ3n) is 3.30. The van der Waals surface area contributed by atoms with E-state index >= 15 is 0 Å². The van der Waals surface area contributed by atoms with E-state index in [2.05, 4.69) is 0 Å². The molecule has 0 aromatic heterocycles. The Labute approximate surface area is 121 Å². The van der Waals surface area contributed by atoms with E-state index in [0.29, 0.717) is 0 Å². The second-order valence-corrected chi connectivity index (χ2v) is 4.68. The molecule has 0 radical (unpaired) electrons. The van der Waals surface area contributed by atoms with Crippen molar-refractivity contribution in [1.82, 2.24) is 0 Å². The number of rotatable bonds is 0. The molecule has 9 nitrogen and oxygen atoms in total. The molecule has 9 heteroatoms. The molecule has 0 saturated heterocycles. The number of phenolic OH excluding ortho intramolecular Hbond substituents is 6. The monoisotopic (exact) mass is 310 g/mol. The minimum atomic E-state index is -2.78. The van der Waals surface area contributed by atoms with Crippen LogP contribution in [-0.4, -0.2) is 46.8 Å². The maximum absolute atomic E-state index is 9.94. The molecule has 2 aromatic carbocycles. The smallest absolute Gasteiger partial charge is 0.344 e. The summed E-state index contributed by atoms with van der Waals surface area (Å²) in [5.41, 5.74) is -0.233. The summed E-state index contributed by atoms with van der Waals surface area (Å²) in [4.78, 5) is 0. The highest BCUT2D eigenvalue weighted by atomic mass is 16.8. The molecule has 0 fully saturated rings. The number of aromatic hydroxyl groups is 6. The molecule has 3 rings (SSSR count). The Morgan fingerprint density at radius 3 is 1.77 bits per heavy atom. The summed E-state index contributed by atoms with van der Waals surface area (Å²) in [5.74, 6) is -9.30. The molecule has 1 aliphatic rings. The van der Waals surface area contributed by atoms with Crippen LogP contribution >= 0.6 is 0 Å². The van der Waals surface area contributed by atoms with Gasteiger partial charge in [0, 0.05) is 6.08 Å². The molecule has 0 saturated carbocycles. The first-order chi connectivity index (χ1) is 10.2.